The molecule has 2 aromatic rings. The van der Waals surface area contributed by atoms with Gasteiger partial charge in [0.25, 0.3) is 5.91 Å². The summed E-state index contributed by atoms with van der Waals surface area (Å²) in [5.41, 5.74) is 0.491. The van der Waals surface area contributed by atoms with Crippen LogP contribution < -0.4 is 5.32 Å². The van der Waals surface area contributed by atoms with Gasteiger partial charge < -0.3 is 19.9 Å². The molecular weight excluding hydrogens is 320 g/mol. The number of hydrogen-bond donors (Lipinski definition) is 2. The Hall–Kier alpha value is -2.48. The Kier molecular flexibility index (Phi) is 5.28. The van der Waals surface area contributed by atoms with Crippen molar-refractivity contribution in [2.75, 3.05) is 25.0 Å². The number of nitrogens with zero attached hydrogens (tertiary/aromatic N) is 5. The van der Waals surface area contributed by atoms with Crippen LogP contribution in [0.2, 0.25) is 0 Å². The van der Waals surface area contributed by atoms with E-state index < -0.39 is 6.10 Å². The normalized spacial score (nSPS) is 16.7. The van der Waals surface area contributed by atoms with Crippen molar-refractivity contribution in [3.05, 3.63) is 36.2 Å². The molecule has 0 bridgehead atoms. The molecule has 1 aliphatic rings. The number of aliphatic hydroxyl groups is 1. The van der Waals surface area contributed by atoms with Crippen molar-refractivity contribution in [3.63, 3.8) is 0 Å². The Morgan fingerprint density at radius 3 is 2.56 bits per heavy atom. The van der Waals surface area contributed by atoms with E-state index >= 15 is 0 Å². The number of imidazole rings is 1. The molecule has 1 atom stereocenters. The highest BCUT2D eigenvalue weighted by atomic mass is 16.3. The molecule has 134 valence electrons. The van der Waals surface area contributed by atoms with Gasteiger partial charge in [-0.1, -0.05) is 0 Å². The molecule has 8 nitrogen and oxygen atoms in total. The van der Waals surface area contributed by atoms with Crippen molar-refractivity contribution in [2.45, 2.75) is 25.9 Å². The van der Waals surface area contributed by atoms with Crippen LogP contribution >= 0.6 is 0 Å². The average molecular weight is 344 g/mol. The standard InChI is InChI=1S/C17H24N6O2/c1-3-18-17-20-10-13(11-21-17)16(25)23-7-4-12(5-8-23)14(24)15-19-6-9-22(15)2/h6,9-12,14,24H,3-5,7-8H2,1-2H3,(H,18,20,21)/t14-/m1/s1. The summed E-state index contributed by atoms with van der Waals surface area (Å²) in [4.78, 5) is 26.9. The molecule has 0 spiro atoms. The van der Waals surface area contributed by atoms with E-state index in [0.717, 1.165) is 19.4 Å². The smallest absolute Gasteiger partial charge is 0.256 e. The largest absolute Gasteiger partial charge is 0.385 e. The highest BCUT2D eigenvalue weighted by Gasteiger charge is 2.30. The minimum Gasteiger partial charge on any atom is -0.385 e. The molecule has 2 aromatic heterocycles. The number of carbonyl (C=O) groups excluding carboxylic acids is 1. The van der Waals surface area contributed by atoms with Crippen molar-refractivity contribution in [1.82, 2.24) is 24.4 Å². The van der Waals surface area contributed by atoms with Crippen molar-refractivity contribution in [1.29, 1.82) is 0 Å². The Bertz CT molecular complexity index is 706. The third-order valence-corrected chi connectivity index (χ3v) is 4.63. The Morgan fingerprint density at radius 2 is 2.00 bits per heavy atom. The van der Waals surface area contributed by atoms with Crippen molar-refractivity contribution in [2.24, 2.45) is 13.0 Å². The minimum absolute atomic E-state index is 0.0621. The van der Waals surface area contributed by atoms with Gasteiger partial charge in [0.05, 0.1) is 5.56 Å². The molecule has 1 amide bonds. The first-order valence-corrected chi connectivity index (χ1v) is 8.60. The molecule has 8 heteroatoms. The van der Waals surface area contributed by atoms with E-state index in [-0.39, 0.29) is 11.8 Å². The fourth-order valence-electron chi connectivity index (χ4n) is 3.16. The van der Waals surface area contributed by atoms with E-state index in [9.17, 15) is 9.90 Å². The lowest BCUT2D eigenvalue weighted by Gasteiger charge is -2.34. The Labute approximate surface area is 146 Å². The highest BCUT2D eigenvalue weighted by Crippen LogP contribution is 2.30. The predicted octanol–water partition coefficient (Wildman–Crippen LogP) is 1.23. The number of nitrogens with one attached hydrogen (secondary N) is 1. The summed E-state index contributed by atoms with van der Waals surface area (Å²) in [5.74, 6) is 1.25. The number of aryl methyl sites for hydroxylation is 1. The first-order valence-electron chi connectivity index (χ1n) is 8.60. The van der Waals surface area contributed by atoms with Gasteiger partial charge in [0.1, 0.15) is 11.9 Å². The van der Waals surface area contributed by atoms with E-state index in [1.54, 1.807) is 23.5 Å². The maximum absolute atomic E-state index is 12.6. The van der Waals surface area contributed by atoms with Gasteiger partial charge >= 0.3 is 0 Å². The van der Waals surface area contributed by atoms with Crippen LogP contribution in [0, 0.1) is 5.92 Å². The summed E-state index contributed by atoms with van der Waals surface area (Å²) in [7, 11) is 1.88. The monoisotopic (exact) mass is 344 g/mol. The second kappa shape index (κ2) is 7.60. The van der Waals surface area contributed by atoms with E-state index in [4.69, 9.17) is 0 Å². The molecule has 2 N–H and O–H groups in total. The molecule has 25 heavy (non-hydrogen) atoms. The van der Waals surface area contributed by atoms with Gasteiger partial charge in [-0.2, -0.15) is 0 Å². The molecule has 1 saturated heterocycles. The summed E-state index contributed by atoms with van der Waals surface area (Å²) >= 11 is 0. The van der Waals surface area contributed by atoms with Crippen LogP contribution in [0.25, 0.3) is 0 Å². The first kappa shape index (κ1) is 17.3. The van der Waals surface area contributed by atoms with Gasteiger partial charge in [0.2, 0.25) is 5.95 Å². The van der Waals surface area contributed by atoms with Gasteiger partial charge in [-0.05, 0) is 25.7 Å². The summed E-state index contributed by atoms with van der Waals surface area (Å²) < 4.78 is 1.84. The second-order valence-electron chi connectivity index (χ2n) is 6.30. The predicted molar refractivity (Wildman–Crippen MR) is 93.0 cm³/mol. The maximum Gasteiger partial charge on any atom is 0.256 e. The molecule has 1 aliphatic heterocycles. The van der Waals surface area contributed by atoms with E-state index in [2.05, 4.69) is 20.3 Å². The molecule has 3 rings (SSSR count). The van der Waals surface area contributed by atoms with E-state index in [1.807, 2.05) is 24.7 Å². The lowest BCUT2D eigenvalue weighted by Crippen LogP contribution is -2.40. The fraction of sp³-hybridized carbons (Fsp3) is 0.529. The lowest BCUT2D eigenvalue weighted by atomic mass is 9.90. The van der Waals surface area contributed by atoms with Gasteiger partial charge in [-0.25, -0.2) is 15.0 Å². The topological polar surface area (TPSA) is 96.2 Å². The zero-order valence-electron chi connectivity index (χ0n) is 14.6. The quantitative estimate of drug-likeness (QED) is 0.847. The molecule has 0 saturated carbocycles. The SMILES string of the molecule is CCNc1ncc(C(=O)N2CCC([C@@H](O)c3nccn3C)CC2)cn1. The number of rotatable bonds is 5. The molecule has 0 radical (unpaired) electrons. The third-order valence-electron chi connectivity index (χ3n) is 4.63. The summed E-state index contributed by atoms with van der Waals surface area (Å²) in [5, 5.41) is 13.5. The zero-order chi connectivity index (χ0) is 17.8. The highest BCUT2D eigenvalue weighted by molar-refractivity contribution is 5.93. The van der Waals surface area contributed by atoms with Crippen molar-refractivity contribution in [3.8, 4) is 0 Å². The third kappa shape index (κ3) is 3.79. The molecule has 0 unspecified atom stereocenters. The zero-order valence-corrected chi connectivity index (χ0v) is 14.6. The number of piperidine rings is 1. The molecule has 0 aromatic carbocycles. The van der Waals surface area contributed by atoms with Crippen LogP contribution in [0.5, 0.6) is 0 Å². The van der Waals surface area contributed by atoms with Gasteiger partial charge in [0, 0.05) is 51.5 Å². The van der Waals surface area contributed by atoms with E-state index in [0.29, 0.717) is 30.4 Å². The van der Waals surface area contributed by atoms with Gasteiger partial charge in [-0.15, -0.1) is 0 Å². The number of carbonyl (C=O) groups is 1. The van der Waals surface area contributed by atoms with Crippen LogP contribution in [-0.4, -0.2) is 55.1 Å². The van der Waals surface area contributed by atoms with Crippen molar-refractivity contribution < 1.29 is 9.90 Å². The van der Waals surface area contributed by atoms with Crippen LogP contribution in [-0.2, 0) is 7.05 Å². The molecule has 3 heterocycles. The number of aromatic nitrogens is 4. The number of hydrogen-bond acceptors (Lipinski definition) is 6. The summed E-state index contributed by atoms with van der Waals surface area (Å²) in [6.45, 7) is 3.92. The average Bonchev–Trinajstić information content (AvgIpc) is 3.07. The molecule has 0 aliphatic carbocycles. The number of aliphatic hydroxyl groups excluding tert-OH is 1. The molecular formula is C17H24N6O2. The van der Waals surface area contributed by atoms with Crippen LogP contribution in [0.1, 0.15) is 42.1 Å². The maximum atomic E-state index is 12.6. The Morgan fingerprint density at radius 1 is 1.32 bits per heavy atom. The number of anilines is 1. The van der Waals surface area contributed by atoms with Crippen molar-refractivity contribution >= 4 is 11.9 Å². The van der Waals surface area contributed by atoms with Crippen LogP contribution in [0.4, 0.5) is 5.95 Å². The Balaban J connectivity index is 1.58. The summed E-state index contributed by atoms with van der Waals surface area (Å²) in [6.07, 6.45) is 7.53. The fourth-order valence-corrected chi connectivity index (χ4v) is 3.16. The van der Waals surface area contributed by atoms with Crippen LogP contribution in [0.3, 0.4) is 0 Å². The molecule has 1 fully saturated rings. The second-order valence-corrected chi connectivity index (χ2v) is 6.30. The lowest BCUT2D eigenvalue weighted by molar-refractivity contribution is 0.0419. The van der Waals surface area contributed by atoms with E-state index in [1.165, 1.54) is 0 Å². The minimum atomic E-state index is -0.597. The van der Waals surface area contributed by atoms with Gasteiger partial charge in [-0.3, -0.25) is 4.79 Å². The van der Waals surface area contributed by atoms with Crippen LogP contribution in [0.15, 0.2) is 24.8 Å². The number of likely N-dealkylation sites (tertiary alicyclic amines) is 1. The first-order chi connectivity index (χ1) is 12.1. The number of amides is 1. The van der Waals surface area contributed by atoms with Gasteiger partial charge in [0.15, 0.2) is 0 Å². The summed E-state index contributed by atoms with van der Waals surface area (Å²) in [6, 6.07) is 0.